The van der Waals surface area contributed by atoms with Crippen molar-refractivity contribution in [3.8, 4) is 5.75 Å². The molecule has 27 heavy (non-hydrogen) atoms. The smallest absolute Gasteiger partial charge is 0.263 e. The zero-order valence-corrected chi connectivity index (χ0v) is 18.2. The quantitative estimate of drug-likeness (QED) is 0.697. The Balaban J connectivity index is 0.00000364. The van der Waals surface area contributed by atoms with Gasteiger partial charge in [0, 0.05) is 44.3 Å². The first-order valence-corrected chi connectivity index (χ1v) is 10.7. The van der Waals surface area contributed by atoms with Crippen LogP contribution in [0.2, 0.25) is 5.02 Å². The summed E-state index contributed by atoms with van der Waals surface area (Å²) < 4.78 is 30.2. The molecule has 1 N–H and O–H groups in total. The van der Waals surface area contributed by atoms with Gasteiger partial charge in [-0.05, 0) is 38.1 Å². The summed E-state index contributed by atoms with van der Waals surface area (Å²) >= 11 is 5.85. The number of nitrogens with zero attached hydrogens (tertiary/aromatic N) is 2. The maximum atomic E-state index is 12.4. The molecule has 1 amide bonds. The average molecular weight is 440 g/mol. The highest BCUT2D eigenvalue weighted by Crippen LogP contribution is 2.21. The topological polar surface area (TPSA) is 79.0 Å². The molecule has 2 rings (SSSR count). The lowest BCUT2D eigenvalue weighted by atomic mass is 10.1. The van der Waals surface area contributed by atoms with Crippen LogP contribution in [0.1, 0.15) is 13.8 Å². The van der Waals surface area contributed by atoms with Crippen molar-refractivity contribution in [2.45, 2.75) is 19.4 Å². The van der Waals surface area contributed by atoms with Crippen molar-refractivity contribution in [2.24, 2.45) is 0 Å². The SMILES string of the molecule is CC(C)(Oc1ccc(Cl)cc1)C(=O)NCCN1CCN(S(C)(=O)=O)CC1.Cl. The van der Waals surface area contributed by atoms with Gasteiger partial charge < -0.3 is 10.1 Å². The zero-order valence-electron chi connectivity index (χ0n) is 15.8. The van der Waals surface area contributed by atoms with Crippen molar-refractivity contribution < 1.29 is 17.9 Å². The van der Waals surface area contributed by atoms with Crippen LogP contribution in [0.4, 0.5) is 0 Å². The van der Waals surface area contributed by atoms with E-state index in [1.807, 2.05) is 0 Å². The van der Waals surface area contributed by atoms with Crippen LogP contribution >= 0.6 is 24.0 Å². The number of halogens is 2. The summed E-state index contributed by atoms with van der Waals surface area (Å²) in [5.41, 5.74) is -1.01. The molecular formula is C17H27Cl2N3O4S. The van der Waals surface area contributed by atoms with E-state index in [4.69, 9.17) is 16.3 Å². The normalized spacial score (nSPS) is 16.4. The minimum Gasteiger partial charge on any atom is -0.478 e. The Bertz CT molecular complexity index is 718. The van der Waals surface area contributed by atoms with E-state index < -0.39 is 15.6 Å². The number of hydrogen-bond acceptors (Lipinski definition) is 5. The molecular weight excluding hydrogens is 413 g/mol. The van der Waals surface area contributed by atoms with E-state index in [1.165, 1.54) is 10.6 Å². The molecule has 0 spiro atoms. The van der Waals surface area contributed by atoms with Crippen molar-refractivity contribution in [1.82, 2.24) is 14.5 Å². The molecule has 1 aliphatic rings. The van der Waals surface area contributed by atoms with Crippen LogP contribution < -0.4 is 10.1 Å². The Kier molecular flexibility index (Phi) is 8.82. The number of carbonyl (C=O) groups excluding carboxylic acids is 1. The van der Waals surface area contributed by atoms with Crippen LogP contribution in [0.3, 0.4) is 0 Å². The summed E-state index contributed by atoms with van der Waals surface area (Å²) in [6.45, 7) is 6.85. The molecule has 0 aromatic heterocycles. The van der Waals surface area contributed by atoms with Crippen LogP contribution in [0, 0.1) is 0 Å². The van der Waals surface area contributed by atoms with Crippen molar-refractivity contribution in [3.63, 3.8) is 0 Å². The summed E-state index contributed by atoms with van der Waals surface area (Å²) in [7, 11) is -3.12. The Labute approximate surface area is 172 Å². The van der Waals surface area contributed by atoms with Gasteiger partial charge in [-0.2, -0.15) is 4.31 Å². The van der Waals surface area contributed by atoms with Gasteiger partial charge in [0.2, 0.25) is 10.0 Å². The molecule has 1 aromatic carbocycles. The van der Waals surface area contributed by atoms with Crippen LogP contribution in [0.5, 0.6) is 5.75 Å². The van der Waals surface area contributed by atoms with E-state index in [-0.39, 0.29) is 18.3 Å². The maximum Gasteiger partial charge on any atom is 0.263 e. The highest BCUT2D eigenvalue weighted by Gasteiger charge is 2.30. The highest BCUT2D eigenvalue weighted by molar-refractivity contribution is 7.88. The Morgan fingerprint density at radius 1 is 1.19 bits per heavy atom. The average Bonchev–Trinajstić information content (AvgIpc) is 2.56. The predicted octanol–water partition coefficient (Wildman–Crippen LogP) is 1.61. The number of carbonyl (C=O) groups is 1. The van der Waals surface area contributed by atoms with Gasteiger partial charge in [0.05, 0.1) is 6.26 Å². The molecule has 1 aliphatic heterocycles. The Morgan fingerprint density at radius 2 is 1.74 bits per heavy atom. The van der Waals surface area contributed by atoms with Gasteiger partial charge in [0.1, 0.15) is 5.75 Å². The van der Waals surface area contributed by atoms with Gasteiger partial charge in [0.15, 0.2) is 5.60 Å². The van der Waals surface area contributed by atoms with Gasteiger partial charge >= 0.3 is 0 Å². The third kappa shape index (κ3) is 7.46. The van der Waals surface area contributed by atoms with Crippen LogP contribution in [-0.2, 0) is 14.8 Å². The standard InChI is InChI=1S/C17H26ClN3O4S.ClH/c1-17(2,25-15-6-4-14(18)5-7-15)16(22)19-8-9-20-10-12-21(13-11-20)26(3,23)24;/h4-7H,8-13H2,1-3H3,(H,19,22);1H. The molecule has 0 radical (unpaired) electrons. The van der Waals surface area contributed by atoms with Gasteiger partial charge in [-0.1, -0.05) is 11.6 Å². The first kappa shape index (κ1) is 24.0. The Hall–Kier alpha value is -1.06. The largest absolute Gasteiger partial charge is 0.478 e. The van der Waals surface area contributed by atoms with E-state index in [0.717, 1.165) is 0 Å². The molecule has 1 fully saturated rings. The van der Waals surface area contributed by atoms with E-state index in [9.17, 15) is 13.2 Å². The number of nitrogens with one attached hydrogen (secondary N) is 1. The molecule has 1 saturated heterocycles. The molecule has 1 heterocycles. The fourth-order valence-electron chi connectivity index (χ4n) is 2.67. The lowest BCUT2D eigenvalue weighted by Crippen LogP contribution is -2.52. The molecule has 0 bridgehead atoms. The molecule has 154 valence electrons. The number of amides is 1. The summed E-state index contributed by atoms with van der Waals surface area (Å²) in [4.78, 5) is 14.5. The molecule has 10 heteroatoms. The third-order valence-electron chi connectivity index (χ3n) is 4.25. The van der Waals surface area contributed by atoms with E-state index in [0.29, 0.717) is 50.0 Å². The first-order chi connectivity index (χ1) is 12.1. The molecule has 1 aromatic rings. The fraction of sp³-hybridized carbons (Fsp3) is 0.588. The second-order valence-electron chi connectivity index (χ2n) is 6.83. The van der Waals surface area contributed by atoms with Gasteiger partial charge in [-0.25, -0.2) is 8.42 Å². The fourth-order valence-corrected chi connectivity index (χ4v) is 3.62. The third-order valence-corrected chi connectivity index (χ3v) is 5.80. The summed E-state index contributed by atoms with van der Waals surface area (Å²) in [6, 6.07) is 6.86. The van der Waals surface area contributed by atoms with Gasteiger partial charge in [-0.3, -0.25) is 9.69 Å². The lowest BCUT2D eigenvalue weighted by Gasteiger charge is -2.33. The van der Waals surface area contributed by atoms with Crippen molar-refractivity contribution in [2.75, 3.05) is 45.5 Å². The Morgan fingerprint density at radius 3 is 2.26 bits per heavy atom. The number of rotatable bonds is 7. The monoisotopic (exact) mass is 439 g/mol. The van der Waals surface area contributed by atoms with Crippen molar-refractivity contribution >= 4 is 39.9 Å². The van der Waals surface area contributed by atoms with Crippen molar-refractivity contribution in [3.05, 3.63) is 29.3 Å². The lowest BCUT2D eigenvalue weighted by molar-refractivity contribution is -0.134. The van der Waals surface area contributed by atoms with E-state index in [2.05, 4.69) is 10.2 Å². The molecule has 0 unspecified atom stereocenters. The van der Waals surface area contributed by atoms with Crippen LogP contribution in [-0.4, -0.2) is 74.7 Å². The van der Waals surface area contributed by atoms with Crippen LogP contribution in [0.15, 0.2) is 24.3 Å². The molecule has 0 aliphatic carbocycles. The summed E-state index contributed by atoms with van der Waals surface area (Å²) in [5.74, 6) is 0.369. The first-order valence-electron chi connectivity index (χ1n) is 8.48. The van der Waals surface area contributed by atoms with Gasteiger partial charge in [0.25, 0.3) is 5.91 Å². The molecule has 0 saturated carbocycles. The van der Waals surface area contributed by atoms with Gasteiger partial charge in [-0.15, -0.1) is 12.4 Å². The minimum atomic E-state index is -3.12. The number of sulfonamides is 1. The van der Waals surface area contributed by atoms with Crippen LogP contribution in [0.25, 0.3) is 0 Å². The predicted molar refractivity (Wildman–Crippen MR) is 109 cm³/mol. The van der Waals surface area contributed by atoms with E-state index in [1.54, 1.807) is 38.1 Å². The zero-order chi connectivity index (χ0) is 19.4. The minimum absolute atomic E-state index is 0. The number of ether oxygens (including phenoxy) is 1. The second-order valence-corrected chi connectivity index (χ2v) is 9.24. The van der Waals surface area contributed by atoms with Crippen molar-refractivity contribution in [1.29, 1.82) is 0 Å². The van der Waals surface area contributed by atoms with E-state index >= 15 is 0 Å². The number of piperazine rings is 1. The summed E-state index contributed by atoms with van der Waals surface area (Å²) in [6.07, 6.45) is 1.23. The second kappa shape index (κ2) is 9.93. The molecule has 7 nitrogen and oxygen atoms in total. The summed E-state index contributed by atoms with van der Waals surface area (Å²) in [5, 5.41) is 3.49. The molecule has 0 atom stereocenters. The highest BCUT2D eigenvalue weighted by atomic mass is 35.5. The number of hydrogen-bond donors (Lipinski definition) is 1. The maximum absolute atomic E-state index is 12.4. The number of benzene rings is 1.